The molecule has 1 rings (SSSR count). The molecule has 2 atom stereocenters. The Morgan fingerprint density at radius 2 is 2.44 bits per heavy atom. The standard InChI is InChI=1S/C15H22O/c1-12-7-9-15(10-8-12)14(3)6-4-5-13(2)11-16/h5,7,9,11,14-15H,1,4,6,8,10H2,2-3H3/t14-,15-/m0/s1. The number of rotatable bonds is 5. The van der Waals surface area contributed by atoms with Gasteiger partial charge in [0.05, 0.1) is 0 Å². The summed E-state index contributed by atoms with van der Waals surface area (Å²) in [6, 6.07) is 0. The van der Waals surface area contributed by atoms with Crippen LogP contribution < -0.4 is 0 Å². The summed E-state index contributed by atoms with van der Waals surface area (Å²) in [5, 5.41) is 0. The molecular weight excluding hydrogens is 196 g/mol. The lowest BCUT2D eigenvalue weighted by molar-refractivity contribution is -0.104. The maximum atomic E-state index is 10.4. The Hall–Kier alpha value is -1.11. The van der Waals surface area contributed by atoms with E-state index in [1.165, 1.54) is 12.0 Å². The Morgan fingerprint density at radius 3 is 3.00 bits per heavy atom. The summed E-state index contributed by atoms with van der Waals surface area (Å²) in [5.41, 5.74) is 2.10. The van der Waals surface area contributed by atoms with Gasteiger partial charge in [0.1, 0.15) is 6.29 Å². The Morgan fingerprint density at radius 1 is 1.69 bits per heavy atom. The minimum absolute atomic E-state index is 0.690. The van der Waals surface area contributed by atoms with E-state index in [0.717, 1.165) is 31.1 Å². The second-order valence-corrected chi connectivity index (χ2v) is 4.84. The molecule has 0 amide bonds. The lowest BCUT2D eigenvalue weighted by Crippen LogP contribution is -2.12. The molecule has 0 aliphatic heterocycles. The molecule has 1 aliphatic carbocycles. The molecule has 0 aromatic carbocycles. The highest BCUT2D eigenvalue weighted by Gasteiger charge is 2.16. The first kappa shape index (κ1) is 13.0. The molecule has 88 valence electrons. The van der Waals surface area contributed by atoms with Crippen LogP contribution in [0.4, 0.5) is 0 Å². The van der Waals surface area contributed by atoms with Crippen LogP contribution in [0.15, 0.2) is 36.0 Å². The zero-order valence-corrected chi connectivity index (χ0v) is 10.4. The van der Waals surface area contributed by atoms with Gasteiger partial charge in [-0.15, -0.1) is 0 Å². The van der Waals surface area contributed by atoms with E-state index in [9.17, 15) is 4.79 Å². The fourth-order valence-electron chi connectivity index (χ4n) is 2.10. The van der Waals surface area contributed by atoms with Crippen LogP contribution in [0.1, 0.15) is 39.5 Å². The predicted molar refractivity (Wildman–Crippen MR) is 69.2 cm³/mol. The van der Waals surface area contributed by atoms with Crippen molar-refractivity contribution in [2.45, 2.75) is 39.5 Å². The molecule has 1 nitrogen and oxygen atoms in total. The summed E-state index contributed by atoms with van der Waals surface area (Å²) >= 11 is 0. The molecule has 0 bridgehead atoms. The summed E-state index contributed by atoms with van der Waals surface area (Å²) in [6.45, 7) is 8.13. The van der Waals surface area contributed by atoms with Gasteiger partial charge >= 0.3 is 0 Å². The molecule has 0 saturated carbocycles. The maximum absolute atomic E-state index is 10.4. The van der Waals surface area contributed by atoms with E-state index in [2.05, 4.69) is 25.7 Å². The van der Waals surface area contributed by atoms with Crippen molar-refractivity contribution in [1.82, 2.24) is 0 Å². The van der Waals surface area contributed by atoms with E-state index in [1.807, 2.05) is 13.0 Å². The highest BCUT2D eigenvalue weighted by atomic mass is 16.1. The number of carbonyl (C=O) groups is 1. The minimum atomic E-state index is 0.690. The SMILES string of the molecule is C=C1C=C[C@H]([C@@H](C)CCC=C(C)C=O)CC1. The Kier molecular flexibility index (Phi) is 5.24. The first-order valence-electron chi connectivity index (χ1n) is 6.11. The van der Waals surface area contributed by atoms with Crippen LogP contribution in [0, 0.1) is 11.8 Å². The molecule has 0 spiro atoms. The molecule has 1 heteroatoms. The van der Waals surface area contributed by atoms with Gasteiger partial charge in [-0.25, -0.2) is 0 Å². The summed E-state index contributed by atoms with van der Waals surface area (Å²) in [7, 11) is 0. The van der Waals surface area contributed by atoms with Crippen LogP contribution in [-0.4, -0.2) is 6.29 Å². The number of hydrogen-bond donors (Lipinski definition) is 0. The van der Waals surface area contributed by atoms with Crippen molar-refractivity contribution in [3.05, 3.63) is 36.0 Å². The molecule has 0 fully saturated rings. The largest absolute Gasteiger partial charge is 0.298 e. The molecule has 1 aliphatic rings. The third kappa shape index (κ3) is 4.18. The van der Waals surface area contributed by atoms with Crippen molar-refractivity contribution in [3.8, 4) is 0 Å². The quantitative estimate of drug-likeness (QED) is 0.502. The fourth-order valence-corrected chi connectivity index (χ4v) is 2.10. The topological polar surface area (TPSA) is 17.1 Å². The van der Waals surface area contributed by atoms with Crippen LogP contribution in [-0.2, 0) is 4.79 Å². The second-order valence-electron chi connectivity index (χ2n) is 4.84. The van der Waals surface area contributed by atoms with Gasteiger partial charge in [0.25, 0.3) is 0 Å². The molecular formula is C15H22O. The summed E-state index contributed by atoms with van der Waals surface area (Å²) in [4.78, 5) is 10.4. The number of allylic oxidation sites excluding steroid dienone is 5. The first-order valence-corrected chi connectivity index (χ1v) is 6.11. The molecule has 0 aromatic rings. The van der Waals surface area contributed by atoms with Crippen molar-refractivity contribution in [2.24, 2.45) is 11.8 Å². The monoisotopic (exact) mass is 218 g/mol. The van der Waals surface area contributed by atoms with Gasteiger partial charge in [-0.05, 0) is 50.0 Å². The fraction of sp³-hybridized carbons (Fsp3) is 0.533. The molecule has 16 heavy (non-hydrogen) atoms. The van der Waals surface area contributed by atoms with E-state index < -0.39 is 0 Å². The smallest absolute Gasteiger partial charge is 0.145 e. The van der Waals surface area contributed by atoms with Gasteiger partial charge in [-0.3, -0.25) is 4.79 Å². The molecule has 0 unspecified atom stereocenters. The Balaban J connectivity index is 2.35. The van der Waals surface area contributed by atoms with Crippen molar-refractivity contribution in [1.29, 1.82) is 0 Å². The minimum Gasteiger partial charge on any atom is -0.298 e. The van der Waals surface area contributed by atoms with E-state index in [-0.39, 0.29) is 0 Å². The lowest BCUT2D eigenvalue weighted by atomic mass is 9.82. The van der Waals surface area contributed by atoms with Crippen LogP contribution in [0.5, 0.6) is 0 Å². The van der Waals surface area contributed by atoms with Gasteiger partial charge in [0, 0.05) is 0 Å². The molecule has 0 aromatic heterocycles. The average Bonchev–Trinajstić information content (AvgIpc) is 2.29. The number of carbonyl (C=O) groups excluding carboxylic acids is 1. The van der Waals surface area contributed by atoms with Gasteiger partial charge in [-0.2, -0.15) is 0 Å². The third-order valence-electron chi connectivity index (χ3n) is 3.38. The highest BCUT2D eigenvalue weighted by molar-refractivity contribution is 5.71. The van der Waals surface area contributed by atoms with Crippen LogP contribution in [0.3, 0.4) is 0 Å². The zero-order valence-electron chi connectivity index (χ0n) is 10.4. The van der Waals surface area contributed by atoms with Crippen molar-refractivity contribution < 1.29 is 4.79 Å². The zero-order chi connectivity index (χ0) is 12.0. The van der Waals surface area contributed by atoms with E-state index in [1.54, 1.807) is 0 Å². The van der Waals surface area contributed by atoms with Gasteiger partial charge in [0.15, 0.2) is 0 Å². The van der Waals surface area contributed by atoms with E-state index >= 15 is 0 Å². The van der Waals surface area contributed by atoms with E-state index in [4.69, 9.17) is 0 Å². The third-order valence-corrected chi connectivity index (χ3v) is 3.38. The lowest BCUT2D eigenvalue weighted by Gasteiger charge is -2.23. The molecule has 0 radical (unpaired) electrons. The number of aldehydes is 1. The number of hydrogen-bond acceptors (Lipinski definition) is 1. The van der Waals surface area contributed by atoms with Crippen LogP contribution in [0.25, 0.3) is 0 Å². The van der Waals surface area contributed by atoms with Crippen LogP contribution in [0.2, 0.25) is 0 Å². The van der Waals surface area contributed by atoms with E-state index in [0.29, 0.717) is 11.8 Å². The summed E-state index contributed by atoms with van der Waals surface area (Å²) in [5.74, 6) is 1.38. The average molecular weight is 218 g/mol. The molecule has 0 heterocycles. The molecule has 0 saturated heterocycles. The Labute approximate surface area is 98.9 Å². The van der Waals surface area contributed by atoms with Gasteiger partial charge < -0.3 is 0 Å². The summed E-state index contributed by atoms with van der Waals surface area (Å²) < 4.78 is 0. The first-order chi connectivity index (χ1) is 7.63. The predicted octanol–water partition coefficient (Wildman–Crippen LogP) is 4.07. The van der Waals surface area contributed by atoms with Gasteiger partial charge in [-0.1, -0.05) is 37.3 Å². The molecule has 0 N–H and O–H groups in total. The van der Waals surface area contributed by atoms with Crippen molar-refractivity contribution >= 4 is 6.29 Å². The highest BCUT2D eigenvalue weighted by Crippen LogP contribution is 2.29. The summed E-state index contributed by atoms with van der Waals surface area (Å²) in [6.07, 6.45) is 12.0. The maximum Gasteiger partial charge on any atom is 0.145 e. The Bertz CT molecular complexity index is 309. The van der Waals surface area contributed by atoms with Crippen molar-refractivity contribution in [3.63, 3.8) is 0 Å². The second kappa shape index (κ2) is 6.47. The van der Waals surface area contributed by atoms with Crippen molar-refractivity contribution in [2.75, 3.05) is 0 Å². The normalized spacial score (nSPS) is 23.2. The van der Waals surface area contributed by atoms with Crippen LogP contribution >= 0.6 is 0 Å². The van der Waals surface area contributed by atoms with Gasteiger partial charge in [0.2, 0.25) is 0 Å².